The lowest BCUT2D eigenvalue weighted by Gasteiger charge is -2.35. The van der Waals surface area contributed by atoms with Gasteiger partial charge < -0.3 is 20.5 Å². The van der Waals surface area contributed by atoms with Crippen molar-refractivity contribution in [1.29, 1.82) is 0 Å². The molecule has 1 aromatic rings. The Morgan fingerprint density at radius 1 is 1.59 bits per heavy atom. The van der Waals surface area contributed by atoms with Gasteiger partial charge in [0.1, 0.15) is 0 Å². The molecule has 5 nitrogen and oxygen atoms in total. The fraction of sp³-hybridized carbons (Fsp3) is 0.417. The maximum absolute atomic E-state index is 11.0. The van der Waals surface area contributed by atoms with Gasteiger partial charge in [0.05, 0.1) is 18.8 Å². The number of nitrogens with two attached hydrogens (primary N) is 1. The molecule has 92 valence electrons. The lowest BCUT2D eigenvalue weighted by atomic mass is 10.1. The van der Waals surface area contributed by atoms with Crippen LogP contribution in [0.1, 0.15) is 17.3 Å². The first-order chi connectivity index (χ1) is 8.09. The number of benzene rings is 1. The molecule has 0 amide bonds. The maximum Gasteiger partial charge on any atom is 0.337 e. The molecule has 1 unspecified atom stereocenters. The molecule has 2 rings (SSSR count). The number of ether oxygens (including phenoxy) is 1. The van der Waals surface area contributed by atoms with Gasteiger partial charge >= 0.3 is 5.97 Å². The molecule has 0 radical (unpaired) electrons. The number of hydrogen-bond acceptors (Lipinski definition) is 4. The molecule has 0 bridgehead atoms. The van der Waals surface area contributed by atoms with Crippen LogP contribution in [0, 0.1) is 0 Å². The van der Waals surface area contributed by atoms with Crippen LogP contribution < -0.4 is 10.6 Å². The molecule has 0 saturated carbocycles. The van der Waals surface area contributed by atoms with Gasteiger partial charge in [0, 0.05) is 24.0 Å². The Labute approximate surface area is 99.8 Å². The van der Waals surface area contributed by atoms with Crippen molar-refractivity contribution in [2.45, 2.75) is 13.0 Å². The van der Waals surface area contributed by atoms with Gasteiger partial charge in [-0.3, -0.25) is 0 Å². The summed E-state index contributed by atoms with van der Waals surface area (Å²) < 4.78 is 5.35. The van der Waals surface area contributed by atoms with E-state index in [2.05, 4.69) is 11.8 Å². The van der Waals surface area contributed by atoms with Gasteiger partial charge in [-0.25, -0.2) is 4.79 Å². The van der Waals surface area contributed by atoms with Crippen LogP contribution in [-0.4, -0.2) is 36.9 Å². The second-order valence-corrected chi connectivity index (χ2v) is 4.19. The summed E-state index contributed by atoms with van der Waals surface area (Å²) >= 11 is 0. The van der Waals surface area contributed by atoms with E-state index in [4.69, 9.17) is 15.6 Å². The number of morpholine rings is 1. The van der Waals surface area contributed by atoms with Crippen LogP contribution in [0.25, 0.3) is 0 Å². The monoisotopic (exact) mass is 236 g/mol. The zero-order valence-corrected chi connectivity index (χ0v) is 9.72. The second kappa shape index (κ2) is 4.63. The van der Waals surface area contributed by atoms with Crippen molar-refractivity contribution < 1.29 is 14.6 Å². The average molecular weight is 236 g/mol. The Hall–Kier alpha value is -1.75. The third-order valence-corrected chi connectivity index (χ3v) is 2.97. The van der Waals surface area contributed by atoms with E-state index in [9.17, 15) is 4.79 Å². The molecule has 1 saturated heterocycles. The molecule has 17 heavy (non-hydrogen) atoms. The fourth-order valence-electron chi connectivity index (χ4n) is 2.02. The summed E-state index contributed by atoms with van der Waals surface area (Å²) in [5, 5.41) is 9.03. The fourth-order valence-corrected chi connectivity index (χ4v) is 2.02. The lowest BCUT2D eigenvalue weighted by Crippen LogP contribution is -2.43. The van der Waals surface area contributed by atoms with Gasteiger partial charge in [-0.15, -0.1) is 0 Å². The zero-order chi connectivity index (χ0) is 12.4. The van der Waals surface area contributed by atoms with Crippen LogP contribution in [-0.2, 0) is 4.74 Å². The molecule has 1 aromatic carbocycles. The molecule has 5 heteroatoms. The van der Waals surface area contributed by atoms with Crippen molar-refractivity contribution in [3.8, 4) is 0 Å². The number of carboxylic acids is 1. The van der Waals surface area contributed by atoms with Crippen molar-refractivity contribution in [1.82, 2.24) is 0 Å². The summed E-state index contributed by atoms with van der Waals surface area (Å²) in [6.07, 6.45) is 0. The topological polar surface area (TPSA) is 75.8 Å². The first-order valence-corrected chi connectivity index (χ1v) is 5.57. The van der Waals surface area contributed by atoms with Crippen LogP contribution in [0.3, 0.4) is 0 Å². The van der Waals surface area contributed by atoms with Crippen LogP contribution in [0.15, 0.2) is 18.2 Å². The normalized spacial score (nSPS) is 20.3. The van der Waals surface area contributed by atoms with Crippen molar-refractivity contribution in [3.05, 3.63) is 23.8 Å². The standard InChI is InChI=1S/C12H16N2O3/c1-8-7-17-5-4-14(8)9-2-3-11(13)10(6-9)12(15)16/h2-3,6,8H,4-5,7,13H2,1H3,(H,15,16). The van der Waals surface area contributed by atoms with Crippen LogP contribution in [0.2, 0.25) is 0 Å². The molecular formula is C12H16N2O3. The summed E-state index contributed by atoms with van der Waals surface area (Å²) in [6, 6.07) is 5.36. The quantitative estimate of drug-likeness (QED) is 0.754. The van der Waals surface area contributed by atoms with Crippen molar-refractivity contribution >= 4 is 17.3 Å². The number of carboxylic acid groups (broad SMARTS) is 1. The number of carbonyl (C=O) groups is 1. The molecule has 0 aromatic heterocycles. The van der Waals surface area contributed by atoms with E-state index in [1.54, 1.807) is 12.1 Å². The van der Waals surface area contributed by atoms with E-state index >= 15 is 0 Å². The number of nitrogen functional groups attached to an aromatic ring is 1. The van der Waals surface area contributed by atoms with Gasteiger partial charge in [0.25, 0.3) is 0 Å². The number of rotatable bonds is 2. The number of aromatic carboxylic acids is 1. The second-order valence-electron chi connectivity index (χ2n) is 4.19. The highest BCUT2D eigenvalue weighted by Crippen LogP contribution is 2.24. The van der Waals surface area contributed by atoms with Crippen LogP contribution in [0.5, 0.6) is 0 Å². The smallest absolute Gasteiger partial charge is 0.337 e. The van der Waals surface area contributed by atoms with Gasteiger partial charge in [-0.1, -0.05) is 0 Å². The Morgan fingerprint density at radius 2 is 2.35 bits per heavy atom. The van der Waals surface area contributed by atoms with Gasteiger partial charge in [-0.2, -0.15) is 0 Å². The molecule has 0 spiro atoms. The minimum absolute atomic E-state index is 0.154. The van der Waals surface area contributed by atoms with Gasteiger partial charge in [0.2, 0.25) is 0 Å². The van der Waals surface area contributed by atoms with Gasteiger partial charge in [0.15, 0.2) is 0 Å². The van der Waals surface area contributed by atoms with E-state index < -0.39 is 5.97 Å². The molecule has 1 atom stereocenters. The highest BCUT2D eigenvalue weighted by molar-refractivity contribution is 5.94. The van der Waals surface area contributed by atoms with Crippen molar-refractivity contribution in [3.63, 3.8) is 0 Å². The molecule has 1 heterocycles. The summed E-state index contributed by atoms with van der Waals surface area (Å²) in [7, 11) is 0. The number of anilines is 2. The maximum atomic E-state index is 11.0. The highest BCUT2D eigenvalue weighted by Gasteiger charge is 2.20. The molecule has 0 aliphatic carbocycles. The molecule has 1 fully saturated rings. The third kappa shape index (κ3) is 2.34. The zero-order valence-electron chi connectivity index (χ0n) is 9.72. The largest absolute Gasteiger partial charge is 0.478 e. The minimum Gasteiger partial charge on any atom is -0.478 e. The van der Waals surface area contributed by atoms with E-state index in [1.807, 2.05) is 6.07 Å². The van der Waals surface area contributed by atoms with Crippen LogP contribution >= 0.6 is 0 Å². The highest BCUT2D eigenvalue weighted by atomic mass is 16.5. The van der Waals surface area contributed by atoms with Crippen molar-refractivity contribution in [2.75, 3.05) is 30.4 Å². The number of nitrogens with zero attached hydrogens (tertiary/aromatic N) is 1. The Balaban J connectivity index is 2.32. The Kier molecular flexibility index (Phi) is 3.19. The summed E-state index contributed by atoms with van der Waals surface area (Å²) in [5.41, 5.74) is 6.96. The number of hydrogen-bond donors (Lipinski definition) is 2. The summed E-state index contributed by atoms with van der Waals surface area (Å²) in [4.78, 5) is 13.1. The molecular weight excluding hydrogens is 220 g/mol. The first kappa shape index (κ1) is 11.7. The predicted octanol–water partition coefficient (Wildman–Crippen LogP) is 1.19. The van der Waals surface area contributed by atoms with E-state index in [0.717, 1.165) is 12.2 Å². The molecule has 3 N–H and O–H groups in total. The SMILES string of the molecule is CC1COCCN1c1ccc(N)c(C(=O)O)c1. The summed E-state index contributed by atoms with van der Waals surface area (Å²) in [5.74, 6) is -0.995. The first-order valence-electron chi connectivity index (χ1n) is 5.57. The van der Waals surface area contributed by atoms with Crippen molar-refractivity contribution in [2.24, 2.45) is 0 Å². The van der Waals surface area contributed by atoms with Crippen LogP contribution in [0.4, 0.5) is 11.4 Å². The molecule has 1 aliphatic rings. The average Bonchev–Trinajstić information content (AvgIpc) is 2.30. The summed E-state index contributed by atoms with van der Waals surface area (Å²) in [6.45, 7) is 4.14. The van der Waals surface area contributed by atoms with E-state index in [-0.39, 0.29) is 11.6 Å². The Bertz CT molecular complexity index is 434. The lowest BCUT2D eigenvalue weighted by molar-refractivity contribution is 0.0698. The van der Waals surface area contributed by atoms with Gasteiger partial charge in [-0.05, 0) is 25.1 Å². The van der Waals surface area contributed by atoms with E-state index in [0.29, 0.717) is 18.9 Å². The predicted molar refractivity (Wildman–Crippen MR) is 65.4 cm³/mol. The van der Waals surface area contributed by atoms with E-state index in [1.165, 1.54) is 0 Å². The minimum atomic E-state index is -0.995. The molecule has 1 aliphatic heterocycles. The third-order valence-electron chi connectivity index (χ3n) is 2.97. The Morgan fingerprint density at radius 3 is 3.00 bits per heavy atom.